The summed E-state index contributed by atoms with van der Waals surface area (Å²) in [4.78, 5) is 0. The van der Waals surface area contributed by atoms with E-state index in [1.54, 1.807) is 0 Å². The second-order valence-electron chi connectivity index (χ2n) is 5.95. The Morgan fingerprint density at radius 3 is 2.67 bits per heavy atom. The van der Waals surface area contributed by atoms with Gasteiger partial charge in [-0.25, -0.2) is 0 Å². The summed E-state index contributed by atoms with van der Waals surface area (Å²) >= 11 is 0. The lowest BCUT2D eigenvalue weighted by Gasteiger charge is -2.22. The summed E-state index contributed by atoms with van der Waals surface area (Å²) in [5, 5.41) is 3.73. The third-order valence-electron chi connectivity index (χ3n) is 3.79. The molecule has 0 amide bonds. The molecule has 0 aromatic rings. The molecule has 0 spiro atoms. The predicted molar refractivity (Wildman–Crippen MR) is 68.2 cm³/mol. The minimum atomic E-state index is 0.597. The van der Waals surface area contributed by atoms with Crippen LogP contribution in [0.3, 0.4) is 0 Å². The zero-order chi connectivity index (χ0) is 11.1. The topological polar surface area (TPSA) is 12.0 Å². The maximum absolute atomic E-state index is 3.73. The van der Waals surface area contributed by atoms with Gasteiger partial charge >= 0.3 is 0 Å². The molecular formula is C14H29N. The Balaban J connectivity index is 2.14. The van der Waals surface area contributed by atoms with Crippen LogP contribution in [0.4, 0.5) is 0 Å². The number of rotatable bonds is 5. The Bertz CT molecular complexity index is 163. The van der Waals surface area contributed by atoms with Crippen molar-refractivity contribution in [3.8, 4) is 0 Å². The Labute approximate surface area is 96.0 Å². The summed E-state index contributed by atoms with van der Waals surface area (Å²) in [5.41, 5.74) is 0.597. The molecule has 1 aliphatic rings. The summed E-state index contributed by atoms with van der Waals surface area (Å²) in [6.07, 6.45) is 11.1. The molecule has 0 aliphatic heterocycles. The van der Waals surface area contributed by atoms with Gasteiger partial charge in [0.25, 0.3) is 0 Å². The Kier molecular flexibility index (Phi) is 5.66. The van der Waals surface area contributed by atoms with Gasteiger partial charge in [-0.05, 0) is 44.1 Å². The van der Waals surface area contributed by atoms with Crippen LogP contribution >= 0.6 is 0 Å². The molecule has 0 saturated heterocycles. The summed E-state index contributed by atoms with van der Waals surface area (Å²) in [6.45, 7) is 8.35. The zero-order valence-electron chi connectivity index (χ0n) is 10.9. The van der Waals surface area contributed by atoms with Crippen LogP contribution in [-0.4, -0.2) is 12.6 Å². The van der Waals surface area contributed by atoms with Crippen molar-refractivity contribution in [1.82, 2.24) is 5.32 Å². The fourth-order valence-electron chi connectivity index (χ4n) is 2.55. The molecule has 1 unspecified atom stereocenters. The first-order valence-electron chi connectivity index (χ1n) is 6.87. The monoisotopic (exact) mass is 211 g/mol. The van der Waals surface area contributed by atoms with Crippen LogP contribution in [0.15, 0.2) is 0 Å². The minimum absolute atomic E-state index is 0.597. The number of unbranched alkanes of at least 4 members (excludes halogenated alkanes) is 2. The van der Waals surface area contributed by atoms with Crippen LogP contribution in [0.25, 0.3) is 0 Å². The van der Waals surface area contributed by atoms with Crippen LogP contribution in [0, 0.1) is 5.41 Å². The summed E-state index contributed by atoms with van der Waals surface area (Å²) in [5.74, 6) is 0. The van der Waals surface area contributed by atoms with E-state index in [1.165, 1.54) is 57.9 Å². The van der Waals surface area contributed by atoms with Crippen molar-refractivity contribution in [3.63, 3.8) is 0 Å². The molecule has 1 N–H and O–H groups in total. The van der Waals surface area contributed by atoms with E-state index >= 15 is 0 Å². The minimum Gasteiger partial charge on any atom is -0.314 e. The highest BCUT2D eigenvalue weighted by Gasteiger charge is 2.23. The molecule has 1 heteroatoms. The third-order valence-corrected chi connectivity index (χ3v) is 3.79. The van der Waals surface area contributed by atoms with E-state index in [0.717, 1.165) is 6.04 Å². The van der Waals surface area contributed by atoms with Crippen molar-refractivity contribution in [2.45, 2.75) is 78.2 Å². The van der Waals surface area contributed by atoms with E-state index in [-0.39, 0.29) is 0 Å². The van der Waals surface area contributed by atoms with Crippen LogP contribution in [0.5, 0.6) is 0 Å². The van der Waals surface area contributed by atoms with Crippen molar-refractivity contribution >= 4 is 0 Å². The average molecular weight is 211 g/mol. The van der Waals surface area contributed by atoms with E-state index in [4.69, 9.17) is 0 Å². The maximum atomic E-state index is 3.73. The number of nitrogens with one attached hydrogen (secondary N) is 1. The van der Waals surface area contributed by atoms with E-state index in [1.807, 2.05) is 0 Å². The zero-order valence-corrected chi connectivity index (χ0v) is 10.9. The molecule has 1 fully saturated rings. The van der Waals surface area contributed by atoms with Gasteiger partial charge in [0.15, 0.2) is 0 Å². The van der Waals surface area contributed by atoms with Gasteiger partial charge in [0.1, 0.15) is 0 Å². The molecular weight excluding hydrogens is 182 g/mol. The van der Waals surface area contributed by atoms with E-state index in [2.05, 4.69) is 26.1 Å². The van der Waals surface area contributed by atoms with Crippen molar-refractivity contribution < 1.29 is 0 Å². The summed E-state index contributed by atoms with van der Waals surface area (Å²) < 4.78 is 0. The maximum Gasteiger partial charge on any atom is 0.00672 e. The Hall–Kier alpha value is -0.0400. The molecule has 90 valence electrons. The summed E-state index contributed by atoms with van der Waals surface area (Å²) in [6, 6.07) is 0.809. The summed E-state index contributed by atoms with van der Waals surface area (Å²) in [7, 11) is 0. The number of hydrogen-bond acceptors (Lipinski definition) is 1. The van der Waals surface area contributed by atoms with Crippen LogP contribution in [0.2, 0.25) is 0 Å². The van der Waals surface area contributed by atoms with Crippen molar-refractivity contribution in [1.29, 1.82) is 0 Å². The Morgan fingerprint density at radius 2 is 1.93 bits per heavy atom. The fraction of sp³-hybridized carbons (Fsp3) is 1.00. The largest absolute Gasteiger partial charge is 0.314 e. The fourth-order valence-corrected chi connectivity index (χ4v) is 2.55. The first kappa shape index (κ1) is 13.0. The SMILES string of the molecule is CCCCCNC1CCCC(C)(C)CC1. The molecule has 0 bridgehead atoms. The Morgan fingerprint density at radius 1 is 1.13 bits per heavy atom. The van der Waals surface area contributed by atoms with Gasteiger partial charge in [0, 0.05) is 6.04 Å². The van der Waals surface area contributed by atoms with Crippen LogP contribution < -0.4 is 5.32 Å². The van der Waals surface area contributed by atoms with Crippen LogP contribution in [0.1, 0.15) is 72.1 Å². The normalized spacial score (nSPS) is 26.2. The molecule has 1 nitrogen and oxygen atoms in total. The second-order valence-corrected chi connectivity index (χ2v) is 5.95. The molecule has 1 aliphatic carbocycles. The molecule has 0 aromatic heterocycles. The quantitative estimate of drug-likeness (QED) is 0.533. The van der Waals surface area contributed by atoms with Gasteiger partial charge < -0.3 is 5.32 Å². The van der Waals surface area contributed by atoms with E-state index in [0.29, 0.717) is 5.41 Å². The standard InChI is InChI=1S/C14H29N/c1-4-5-6-12-15-13-8-7-10-14(2,3)11-9-13/h13,15H,4-12H2,1-3H3. The van der Waals surface area contributed by atoms with Gasteiger partial charge in [0.2, 0.25) is 0 Å². The lowest BCUT2D eigenvalue weighted by atomic mass is 9.85. The molecule has 15 heavy (non-hydrogen) atoms. The second kappa shape index (κ2) is 6.52. The number of hydrogen-bond donors (Lipinski definition) is 1. The molecule has 0 aromatic carbocycles. The van der Waals surface area contributed by atoms with Gasteiger partial charge in [-0.1, -0.05) is 40.0 Å². The molecule has 0 radical (unpaired) electrons. The molecule has 1 atom stereocenters. The highest BCUT2D eigenvalue weighted by Crippen LogP contribution is 2.33. The van der Waals surface area contributed by atoms with E-state index < -0.39 is 0 Å². The van der Waals surface area contributed by atoms with Crippen molar-refractivity contribution in [3.05, 3.63) is 0 Å². The third kappa shape index (κ3) is 5.55. The smallest absolute Gasteiger partial charge is 0.00672 e. The lowest BCUT2D eigenvalue weighted by molar-refractivity contribution is 0.309. The first-order valence-corrected chi connectivity index (χ1v) is 6.87. The molecule has 0 heterocycles. The van der Waals surface area contributed by atoms with Crippen LogP contribution in [-0.2, 0) is 0 Å². The van der Waals surface area contributed by atoms with Gasteiger partial charge in [-0.2, -0.15) is 0 Å². The van der Waals surface area contributed by atoms with Gasteiger partial charge in [-0.15, -0.1) is 0 Å². The molecule has 1 rings (SSSR count). The molecule has 1 saturated carbocycles. The van der Waals surface area contributed by atoms with Crippen molar-refractivity contribution in [2.24, 2.45) is 5.41 Å². The van der Waals surface area contributed by atoms with E-state index in [9.17, 15) is 0 Å². The average Bonchev–Trinajstić information content (AvgIpc) is 2.35. The van der Waals surface area contributed by atoms with Gasteiger partial charge in [0.05, 0.1) is 0 Å². The first-order chi connectivity index (χ1) is 7.14. The highest BCUT2D eigenvalue weighted by molar-refractivity contribution is 4.79. The predicted octanol–water partition coefficient (Wildman–Crippen LogP) is 4.13. The lowest BCUT2D eigenvalue weighted by Crippen LogP contribution is -2.29. The van der Waals surface area contributed by atoms with Gasteiger partial charge in [-0.3, -0.25) is 0 Å². The van der Waals surface area contributed by atoms with Crippen molar-refractivity contribution in [2.75, 3.05) is 6.54 Å². The highest BCUT2D eigenvalue weighted by atomic mass is 14.9.